The molecular weight excluding hydrogens is 237 g/mol. The maximum atomic E-state index is 12.7. The van der Waals surface area contributed by atoms with Gasteiger partial charge >= 0.3 is 6.18 Å². The summed E-state index contributed by atoms with van der Waals surface area (Å²) in [4.78, 5) is 0. The van der Waals surface area contributed by atoms with Crippen molar-refractivity contribution < 1.29 is 27.4 Å². The van der Waals surface area contributed by atoms with Crippen LogP contribution in [-0.4, -0.2) is 37.9 Å². The van der Waals surface area contributed by atoms with Gasteiger partial charge in [-0.05, 0) is 33.1 Å². The first kappa shape index (κ1) is 14.7. The predicted octanol–water partition coefficient (Wildman–Crippen LogP) is 2.89. The highest BCUT2D eigenvalue weighted by Crippen LogP contribution is 2.39. The van der Waals surface area contributed by atoms with Crippen LogP contribution in [0.3, 0.4) is 0 Å². The third-order valence-electron chi connectivity index (χ3n) is 2.59. The molecule has 6 heteroatoms. The third kappa shape index (κ3) is 4.44. The summed E-state index contributed by atoms with van der Waals surface area (Å²) in [5.74, 6) is -1.16. The third-order valence-corrected chi connectivity index (χ3v) is 2.59. The zero-order valence-corrected chi connectivity index (χ0v) is 10.3. The van der Waals surface area contributed by atoms with Crippen LogP contribution >= 0.6 is 0 Å². The van der Waals surface area contributed by atoms with Gasteiger partial charge in [-0.25, -0.2) is 0 Å². The maximum absolute atomic E-state index is 12.7. The van der Waals surface area contributed by atoms with Gasteiger partial charge in [-0.15, -0.1) is 0 Å². The molecule has 1 aliphatic heterocycles. The molecule has 0 amide bonds. The van der Waals surface area contributed by atoms with Crippen molar-refractivity contribution in [2.45, 2.75) is 57.3 Å². The second-order valence-corrected chi connectivity index (χ2v) is 4.62. The number of unbranched alkanes of at least 4 members (excludes halogenated alkanes) is 1. The first-order chi connectivity index (χ1) is 7.76. The zero-order valence-electron chi connectivity index (χ0n) is 10.3. The molecule has 2 atom stereocenters. The molecule has 0 aliphatic carbocycles. The smallest absolute Gasteiger partial charge is 0.385 e. The fraction of sp³-hybridized carbons (Fsp3) is 1.00. The van der Waals surface area contributed by atoms with E-state index in [9.17, 15) is 13.2 Å². The van der Waals surface area contributed by atoms with Gasteiger partial charge in [-0.1, -0.05) is 0 Å². The standard InChI is InChI=1S/C11H19F3O3/c1-10(2)16-8(6-4-5-7-15-3)9(17-10)11(12,13)14/h8-9H,4-7H2,1-3H3/t8-,9+/m0/s1. The number of methoxy groups -OCH3 is 1. The molecule has 1 aliphatic rings. The molecular formula is C11H19F3O3. The van der Waals surface area contributed by atoms with Crippen molar-refractivity contribution in [1.29, 1.82) is 0 Å². The summed E-state index contributed by atoms with van der Waals surface area (Å²) in [7, 11) is 1.57. The number of hydrogen-bond acceptors (Lipinski definition) is 3. The Hall–Kier alpha value is -0.330. The lowest BCUT2D eigenvalue weighted by Crippen LogP contribution is -2.37. The summed E-state index contributed by atoms with van der Waals surface area (Å²) in [5.41, 5.74) is 0. The summed E-state index contributed by atoms with van der Waals surface area (Å²) in [6, 6.07) is 0. The van der Waals surface area contributed by atoms with Crippen molar-refractivity contribution in [2.75, 3.05) is 13.7 Å². The van der Waals surface area contributed by atoms with Gasteiger partial charge in [0.05, 0.1) is 6.10 Å². The van der Waals surface area contributed by atoms with Crippen LogP contribution in [0.25, 0.3) is 0 Å². The largest absolute Gasteiger partial charge is 0.417 e. The second-order valence-electron chi connectivity index (χ2n) is 4.62. The molecule has 0 spiro atoms. The summed E-state index contributed by atoms with van der Waals surface area (Å²) >= 11 is 0. The molecule has 1 heterocycles. The number of rotatable bonds is 5. The highest BCUT2D eigenvalue weighted by Gasteiger charge is 2.54. The molecule has 0 bridgehead atoms. The van der Waals surface area contributed by atoms with Crippen LogP contribution in [0.1, 0.15) is 33.1 Å². The number of halogens is 3. The zero-order chi connectivity index (χ0) is 13.1. The van der Waals surface area contributed by atoms with Gasteiger partial charge in [0.1, 0.15) is 0 Å². The molecule has 0 radical (unpaired) electrons. The second kappa shape index (κ2) is 5.54. The van der Waals surface area contributed by atoms with E-state index in [-0.39, 0.29) is 0 Å². The SMILES string of the molecule is COCCCC[C@@H]1OC(C)(C)O[C@H]1C(F)(F)F. The van der Waals surface area contributed by atoms with Gasteiger partial charge < -0.3 is 14.2 Å². The molecule has 0 saturated carbocycles. The minimum atomic E-state index is -4.38. The maximum Gasteiger partial charge on any atom is 0.417 e. The van der Waals surface area contributed by atoms with Crippen LogP contribution in [-0.2, 0) is 14.2 Å². The van der Waals surface area contributed by atoms with Gasteiger partial charge in [0.2, 0.25) is 0 Å². The Morgan fingerprint density at radius 3 is 2.35 bits per heavy atom. The van der Waals surface area contributed by atoms with Gasteiger partial charge in [-0.3, -0.25) is 0 Å². The fourth-order valence-electron chi connectivity index (χ4n) is 1.92. The molecule has 3 nitrogen and oxygen atoms in total. The molecule has 0 aromatic heterocycles. The topological polar surface area (TPSA) is 27.7 Å². The Kier molecular flexibility index (Phi) is 4.80. The number of alkyl halides is 3. The lowest BCUT2D eigenvalue weighted by Gasteiger charge is -2.19. The van der Waals surface area contributed by atoms with Crippen molar-refractivity contribution >= 4 is 0 Å². The molecule has 0 unspecified atom stereocenters. The van der Waals surface area contributed by atoms with E-state index in [1.807, 2.05) is 0 Å². The monoisotopic (exact) mass is 256 g/mol. The normalized spacial score (nSPS) is 28.6. The summed E-state index contributed by atoms with van der Waals surface area (Å²) in [6.45, 7) is 3.55. The van der Waals surface area contributed by atoms with Crippen LogP contribution in [0.15, 0.2) is 0 Å². The van der Waals surface area contributed by atoms with Gasteiger partial charge in [0, 0.05) is 13.7 Å². The van der Waals surface area contributed by atoms with E-state index in [2.05, 4.69) is 0 Å². The van der Waals surface area contributed by atoms with E-state index < -0.39 is 24.2 Å². The Morgan fingerprint density at radius 2 is 1.82 bits per heavy atom. The van der Waals surface area contributed by atoms with Crippen molar-refractivity contribution in [2.24, 2.45) is 0 Å². The molecule has 1 saturated heterocycles. The highest BCUT2D eigenvalue weighted by atomic mass is 19.4. The van der Waals surface area contributed by atoms with Crippen molar-refractivity contribution in [3.63, 3.8) is 0 Å². The van der Waals surface area contributed by atoms with Crippen LogP contribution < -0.4 is 0 Å². The average Bonchev–Trinajstić information content (AvgIpc) is 2.48. The van der Waals surface area contributed by atoms with Crippen LogP contribution in [0.5, 0.6) is 0 Å². The number of ether oxygens (including phenoxy) is 3. The van der Waals surface area contributed by atoms with Crippen molar-refractivity contribution in [1.82, 2.24) is 0 Å². The van der Waals surface area contributed by atoms with Gasteiger partial charge in [0.25, 0.3) is 0 Å². The lowest BCUT2D eigenvalue weighted by molar-refractivity contribution is -0.233. The van der Waals surface area contributed by atoms with Crippen molar-refractivity contribution in [3.8, 4) is 0 Å². The number of hydrogen-bond donors (Lipinski definition) is 0. The van der Waals surface area contributed by atoms with E-state index in [0.29, 0.717) is 19.4 Å². The minimum absolute atomic E-state index is 0.330. The molecule has 0 aromatic carbocycles. The predicted molar refractivity (Wildman–Crippen MR) is 55.6 cm³/mol. The van der Waals surface area contributed by atoms with Crippen LogP contribution in [0.4, 0.5) is 13.2 Å². The Balaban J connectivity index is 2.50. The van der Waals surface area contributed by atoms with E-state index in [4.69, 9.17) is 14.2 Å². The summed E-state index contributed by atoms with van der Waals surface area (Å²) < 4.78 is 53.1. The lowest BCUT2D eigenvalue weighted by atomic mass is 10.1. The molecule has 1 rings (SSSR count). The van der Waals surface area contributed by atoms with E-state index in [0.717, 1.165) is 6.42 Å². The Labute approximate surface area is 99.2 Å². The Bertz CT molecular complexity index is 241. The van der Waals surface area contributed by atoms with E-state index >= 15 is 0 Å². The summed E-state index contributed by atoms with van der Waals surface area (Å²) in [6.07, 6.45) is -5.43. The minimum Gasteiger partial charge on any atom is -0.385 e. The van der Waals surface area contributed by atoms with Crippen molar-refractivity contribution in [3.05, 3.63) is 0 Å². The van der Waals surface area contributed by atoms with Gasteiger partial charge in [0.15, 0.2) is 11.9 Å². The fourth-order valence-corrected chi connectivity index (χ4v) is 1.92. The molecule has 1 fully saturated rings. The first-order valence-corrected chi connectivity index (χ1v) is 5.67. The van der Waals surface area contributed by atoms with E-state index in [1.165, 1.54) is 13.8 Å². The molecule has 0 aromatic rings. The highest BCUT2D eigenvalue weighted by molar-refractivity contribution is 4.86. The quantitative estimate of drug-likeness (QED) is 0.708. The summed E-state index contributed by atoms with van der Waals surface area (Å²) in [5, 5.41) is 0. The van der Waals surface area contributed by atoms with Crippen LogP contribution in [0, 0.1) is 0 Å². The van der Waals surface area contributed by atoms with Gasteiger partial charge in [-0.2, -0.15) is 13.2 Å². The average molecular weight is 256 g/mol. The molecule has 102 valence electrons. The van der Waals surface area contributed by atoms with Crippen LogP contribution in [0.2, 0.25) is 0 Å². The van der Waals surface area contributed by atoms with E-state index in [1.54, 1.807) is 7.11 Å². The molecule has 0 N–H and O–H groups in total. The molecule has 17 heavy (non-hydrogen) atoms. The Morgan fingerprint density at radius 1 is 1.18 bits per heavy atom. The first-order valence-electron chi connectivity index (χ1n) is 5.67.